The predicted molar refractivity (Wildman–Crippen MR) is 297 cm³/mol. The van der Waals surface area contributed by atoms with E-state index >= 15 is 0 Å². The number of allylic oxidation sites excluding steroid dienone is 16. The van der Waals surface area contributed by atoms with Crippen molar-refractivity contribution >= 4 is 17.9 Å². The van der Waals surface area contributed by atoms with Crippen LogP contribution >= 0.6 is 0 Å². The Labute approximate surface area is 426 Å². The number of rotatable bonds is 51. The molecule has 0 radical (unpaired) electrons. The first-order valence-electron chi connectivity index (χ1n) is 28.7. The molecule has 0 heterocycles. The molecule has 0 rings (SSSR count). The lowest BCUT2D eigenvalue weighted by Crippen LogP contribution is -2.30. The standard InChI is InChI=1S/C63H106O6/c1-4-7-10-13-16-19-22-25-28-30-31-33-36-39-42-45-48-51-54-57-63(66)69-60(58-67-61(64)55-52-49-46-43-40-37-34-27-24-21-18-15-12-9-6-3)59-68-62(65)56-53-50-47-44-41-38-35-32-29-26-23-20-17-14-11-8-5-2/h8-9,11-12,17-18,20-21,25-29,34-35,38,60H,4-7,10,13-16,19,22-24,30-33,36-37,39-59H2,1-3H3/b11-8-,12-9-,20-17-,21-18-,28-25-,29-26-,34-27-,38-35-/t60-/m0/s1. The summed E-state index contributed by atoms with van der Waals surface area (Å²) in [5, 5.41) is 0. The van der Waals surface area contributed by atoms with Crippen molar-refractivity contribution in [3.8, 4) is 0 Å². The molecule has 0 aliphatic rings. The molecule has 0 aliphatic heterocycles. The Hall–Kier alpha value is -3.67. The molecule has 0 aromatic rings. The highest BCUT2D eigenvalue weighted by Gasteiger charge is 2.19. The molecule has 0 amide bonds. The first-order chi connectivity index (χ1) is 34.0. The van der Waals surface area contributed by atoms with Crippen LogP contribution in [0.5, 0.6) is 0 Å². The van der Waals surface area contributed by atoms with Gasteiger partial charge in [0.05, 0.1) is 0 Å². The largest absolute Gasteiger partial charge is 0.462 e. The van der Waals surface area contributed by atoms with E-state index in [0.717, 1.165) is 135 Å². The second-order valence-corrected chi connectivity index (χ2v) is 18.8. The van der Waals surface area contributed by atoms with Crippen molar-refractivity contribution in [2.24, 2.45) is 0 Å². The van der Waals surface area contributed by atoms with Gasteiger partial charge in [-0.25, -0.2) is 0 Å². The average molecular weight is 960 g/mol. The zero-order chi connectivity index (χ0) is 50.0. The first-order valence-corrected chi connectivity index (χ1v) is 28.7. The maximum Gasteiger partial charge on any atom is 0.306 e. The van der Waals surface area contributed by atoms with Crippen LogP contribution in [0.25, 0.3) is 0 Å². The number of carbonyl (C=O) groups excluding carboxylic acids is 3. The highest BCUT2D eigenvalue weighted by atomic mass is 16.6. The highest BCUT2D eigenvalue weighted by Crippen LogP contribution is 2.15. The summed E-state index contributed by atoms with van der Waals surface area (Å²) in [7, 11) is 0. The van der Waals surface area contributed by atoms with Crippen LogP contribution in [-0.4, -0.2) is 37.2 Å². The van der Waals surface area contributed by atoms with E-state index in [0.29, 0.717) is 19.3 Å². The molecule has 6 heteroatoms. The topological polar surface area (TPSA) is 78.9 Å². The molecule has 0 aromatic carbocycles. The minimum atomic E-state index is -0.797. The third kappa shape index (κ3) is 55.1. The maximum atomic E-state index is 12.9. The molecule has 394 valence electrons. The van der Waals surface area contributed by atoms with Crippen LogP contribution in [0, 0.1) is 0 Å². The molecule has 0 saturated carbocycles. The molecule has 0 unspecified atom stereocenters. The third-order valence-electron chi connectivity index (χ3n) is 12.1. The van der Waals surface area contributed by atoms with Gasteiger partial charge in [0.15, 0.2) is 6.10 Å². The van der Waals surface area contributed by atoms with E-state index in [1.165, 1.54) is 89.9 Å². The van der Waals surface area contributed by atoms with E-state index in [4.69, 9.17) is 14.2 Å². The van der Waals surface area contributed by atoms with Gasteiger partial charge in [0, 0.05) is 19.3 Å². The van der Waals surface area contributed by atoms with Crippen molar-refractivity contribution in [1.82, 2.24) is 0 Å². The van der Waals surface area contributed by atoms with Gasteiger partial charge in [0.25, 0.3) is 0 Å². The molecule has 6 nitrogen and oxygen atoms in total. The molecule has 0 N–H and O–H groups in total. The van der Waals surface area contributed by atoms with Crippen molar-refractivity contribution in [1.29, 1.82) is 0 Å². The Kier molecular flexibility index (Phi) is 53.9. The van der Waals surface area contributed by atoms with Crippen molar-refractivity contribution in [3.63, 3.8) is 0 Å². The minimum Gasteiger partial charge on any atom is -0.462 e. The van der Waals surface area contributed by atoms with Gasteiger partial charge in [0.2, 0.25) is 0 Å². The average Bonchev–Trinajstić information content (AvgIpc) is 3.35. The maximum absolute atomic E-state index is 12.9. The van der Waals surface area contributed by atoms with Gasteiger partial charge in [-0.2, -0.15) is 0 Å². The normalized spacial score (nSPS) is 12.8. The van der Waals surface area contributed by atoms with Crippen LogP contribution in [0.2, 0.25) is 0 Å². The zero-order valence-electron chi connectivity index (χ0n) is 45.0. The van der Waals surface area contributed by atoms with Crippen molar-refractivity contribution in [2.75, 3.05) is 13.2 Å². The van der Waals surface area contributed by atoms with Gasteiger partial charge in [-0.1, -0.05) is 227 Å². The molecule has 0 bridgehead atoms. The Morgan fingerprint density at radius 2 is 0.565 bits per heavy atom. The second-order valence-electron chi connectivity index (χ2n) is 18.8. The van der Waals surface area contributed by atoms with E-state index in [1.807, 2.05) is 0 Å². The molecule has 0 saturated heterocycles. The number of unbranched alkanes of at least 4 members (excludes halogenated alkanes) is 24. The lowest BCUT2D eigenvalue weighted by Gasteiger charge is -2.18. The van der Waals surface area contributed by atoms with Gasteiger partial charge in [-0.15, -0.1) is 0 Å². The number of hydrogen-bond donors (Lipinski definition) is 0. The summed E-state index contributed by atoms with van der Waals surface area (Å²) in [4.78, 5) is 38.2. The Morgan fingerprint density at radius 1 is 0.304 bits per heavy atom. The summed E-state index contributed by atoms with van der Waals surface area (Å²) >= 11 is 0. The van der Waals surface area contributed by atoms with Crippen LogP contribution in [-0.2, 0) is 28.6 Å². The summed E-state index contributed by atoms with van der Waals surface area (Å²) in [6.07, 6.45) is 75.4. The van der Waals surface area contributed by atoms with E-state index in [1.54, 1.807) is 0 Å². The Bertz CT molecular complexity index is 1380. The fourth-order valence-corrected chi connectivity index (χ4v) is 7.80. The van der Waals surface area contributed by atoms with Crippen LogP contribution in [0.3, 0.4) is 0 Å². The number of hydrogen-bond acceptors (Lipinski definition) is 6. The van der Waals surface area contributed by atoms with Gasteiger partial charge < -0.3 is 14.2 Å². The summed E-state index contributed by atoms with van der Waals surface area (Å²) in [5.74, 6) is -0.934. The number of ether oxygens (including phenoxy) is 3. The van der Waals surface area contributed by atoms with Gasteiger partial charge in [-0.05, 0) is 116 Å². The molecule has 0 aliphatic carbocycles. The van der Waals surface area contributed by atoms with Crippen molar-refractivity contribution in [3.05, 3.63) is 97.2 Å². The molecule has 1 atom stereocenters. The molecule has 69 heavy (non-hydrogen) atoms. The number of esters is 3. The Morgan fingerprint density at radius 3 is 0.899 bits per heavy atom. The van der Waals surface area contributed by atoms with Crippen molar-refractivity contribution < 1.29 is 28.6 Å². The Balaban J connectivity index is 4.45. The SMILES string of the molecule is CC/C=C\C/C=C\C/C=C\C/C=C\CCCCCCC(=O)OC[C@H](COC(=O)CCCCCCC/C=C\C/C=C\C/C=C\CC)OC(=O)CCCCCCCCCCC/C=C\CCCCCCCC. The van der Waals surface area contributed by atoms with Gasteiger partial charge in [-0.3, -0.25) is 14.4 Å². The molecule has 0 spiro atoms. The van der Waals surface area contributed by atoms with Gasteiger partial charge in [0.1, 0.15) is 13.2 Å². The highest BCUT2D eigenvalue weighted by molar-refractivity contribution is 5.71. The summed E-state index contributed by atoms with van der Waals surface area (Å²) in [5.41, 5.74) is 0. The summed E-state index contributed by atoms with van der Waals surface area (Å²) < 4.78 is 16.8. The van der Waals surface area contributed by atoms with E-state index in [-0.39, 0.29) is 31.1 Å². The lowest BCUT2D eigenvalue weighted by atomic mass is 10.1. The molecular formula is C63H106O6. The predicted octanol–water partition coefficient (Wildman–Crippen LogP) is 19.3. The molecular weight excluding hydrogens is 853 g/mol. The fraction of sp³-hybridized carbons (Fsp3) is 0.698. The first kappa shape index (κ1) is 65.3. The minimum absolute atomic E-state index is 0.0956. The second kappa shape index (κ2) is 56.9. The fourth-order valence-electron chi connectivity index (χ4n) is 7.80. The lowest BCUT2D eigenvalue weighted by molar-refractivity contribution is -0.167. The van der Waals surface area contributed by atoms with Crippen LogP contribution < -0.4 is 0 Å². The quantitative estimate of drug-likeness (QED) is 0.0262. The molecule has 0 aromatic heterocycles. The number of carbonyl (C=O) groups is 3. The molecule has 0 fully saturated rings. The van der Waals surface area contributed by atoms with Crippen LogP contribution in [0.15, 0.2) is 97.2 Å². The zero-order valence-corrected chi connectivity index (χ0v) is 45.0. The van der Waals surface area contributed by atoms with E-state index < -0.39 is 6.10 Å². The van der Waals surface area contributed by atoms with Gasteiger partial charge >= 0.3 is 17.9 Å². The van der Waals surface area contributed by atoms with Crippen LogP contribution in [0.1, 0.15) is 265 Å². The van der Waals surface area contributed by atoms with E-state index in [2.05, 4.69) is 118 Å². The monoisotopic (exact) mass is 959 g/mol. The van der Waals surface area contributed by atoms with Crippen molar-refractivity contribution in [2.45, 2.75) is 271 Å². The third-order valence-corrected chi connectivity index (χ3v) is 12.1. The van der Waals surface area contributed by atoms with E-state index in [9.17, 15) is 14.4 Å². The summed E-state index contributed by atoms with van der Waals surface area (Å²) in [6, 6.07) is 0. The summed E-state index contributed by atoms with van der Waals surface area (Å²) in [6.45, 7) is 6.38. The smallest absolute Gasteiger partial charge is 0.306 e. The van der Waals surface area contributed by atoms with Crippen LogP contribution in [0.4, 0.5) is 0 Å².